The standard InChI is InChI=1S/C24H21N3O7S2/c1-31-17-5-3-16(4-6-17)27-36(29,30)18-7-9-20-19(11-18)26-24(34-20)35-13-23(28)25-12-15-2-8-21-22(10-15)33-14-32-21/h2-11,27H,12-14H2,1H3,(H,25,28). The molecule has 1 aliphatic heterocycles. The number of nitrogens with zero attached hydrogens (tertiary/aromatic N) is 1. The van der Waals surface area contributed by atoms with Crippen molar-refractivity contribution in [1.82, 2.24) is 10.3 Å². The summed E-state index contributed by atoms with van der Waals surface area (Å²) in [4.78, 5) is 16.6. The first-order valence-electron chi connectivity index (χ1n) is 10.8. The molecular formula is C24H21N3O7S2. The van der Waals surface area contributed by atoms with Gasteiger partial charge in [-0.25, -0.2) is 13.4 Å². The molecule has 2 N–H and O–H groups in total. The van der Waals surface area contributed by atoms with Gasteiger partial charge in [0.2, 0.25) is 12.7 Å². The van der Waals surface area contributed by atoms with E-state index in [1.165, 1.54) is 25.3 Å². The van der Waals surface area contributed by atoms with E-state index in [1.54, 1.807) is 30.3 Å². The molecule has 10 nitrogen and oxygen atoms in total. The normalized spacial score (nSPS) is 12.5. The lowest BCUT2D eigenvalue weighted by Crippen LogP contribution is -2.24. The number of sulfonamides is 1. The summed E-state index contributed by atoms with van der Waals surface area (Å²) in [6.45, 7) is 0.533. The van der Waals surface area contributed by atoms with Crippen LogP contribution in [0.2, 0.25) is 0 Å². The maximum absolute atomic E-state index is 12.8. The smallest absolute Gasteiger partial charge is 0.261 e. The van der Waals surface area contributed by atoms with Gasteiger partial charge in [0, 0.05) is 12.2 Å². The largest absolute Gasteiger partial charge is 0.497 e. The van der Waals surface area contributed by atoms with Crippen LogP contribution in [0.25, 0.3) is 11.1 Å². The van der Waals surface area contributed by atoms with Crippen molar-refractivity contribution in [3.05, 3.63) is 66.2 Å². The van der Waals surface area contributed by atoms with Gasteiger partial charge in [-0.15, -0.1) is 0 Å². The molecule has 1 aromatic heterocycles. The van der Waals surface area contributed by atoms with E-state index >= 15 is 0 Å². The maximum atomic E-state index is 12.8. The number of thioether (sulfide) groups is 1. The Bertz CT molecular complexity index is 1520. The molecule has 0 atom stereocenters. The van der Waals surface area contributed by atoms with Crippen molar-refractivity contribution in [2.45, 2.75) is 16.7 Å². The molecule has 0 bridgehead atoms. The predicted octanol–water partition coefficient (Wildman–Crippen LogP) is 3.77. The number of rotatable bonds is 9. The quantitative estimate of drug-likeness (QED) is 0.313. The minimum atomic E-state index is -3.84. The first-order chi connectivity index (χ1) is 17.4. The number of benzene rings is 3. The Labute approximate surface area is 211 Å². The zero-order chi connectivity index (χ0) is 25.1. The van der Waals surface area contributed by atoms with E-state index in [0.717, 1.165) is 17.3 Å². The second-order valence-corrected chi connectivity index (χ2v) is 10.3. The van der Waals surface area contributed by atoms with Crippen molar-refractivity contribution in [2.24, 2.45) is 0 Å². The Morgan fingerprint density at radius 2 is 1.86 bits per heavy atom. The van der Waals surface area contributed by atoms with Crippen molar-refractivity contribution < 1.29 is 31.8 Å². The molecule has 0 spiro atoms. The highest BCUT2D eigenvalue weighted by Gasteiger charge is 2.18. The van der Waals surface area contributed by atoms with Gasteiger partial charge in [0.25, 0.3) is 15.2 Å². The lowest BCUT2D eigenvalue weighted by Gasteiger charge is -2.08. The fourth-order valence-electron chi connectivity index (χ4n) is 3.42. The van der Waals surface area contributed by atoms with E-state index < -0.39 is 10.0 Å². The summed E-state index contributed by atoms with van der Waals surface area (Å²) in [5.41, 5.74) is 2.08. The zero-order valence-corrected chi connectivity index (χ0v) is 20.6. The van der Waals surface area contributed by atoms with Crippen molar-refractivity contribution in [3.63, 3.8) is 0 Å². The topological polar surface area (TPSA) is 129 Å². The van der Waals surface area contributed by atoms with Crippen molar-refractivity contribution in [3.8, 4) is 17.2 Å². The van der Waals surface area contributed by atoms with Crippen LogP contribution >= 0.6 is 11.8 Å². The van der Waals surface area contributed by atoms with E-state index in [2.05, 4.69) is 15.0 Å². The molecular weight excluding hydrogens is 506 g/mol. The molecule has 0 aliphatic carbocycles. The molecule has 186 valence electrons. The fraction of sp³-hybridized carbons (Fsp3) is 0.167. The molecule has 0 saturated heterocycles. The van der Waals surface area contributed by atoms with Crippen LogP contribution in [0.1, 0.15) is 5.56 Å². The minimum absolute atomic E-state index is 0.0390. The first kappa shape index (κ1) is 23.8. The summed E-state index contributed by atoms with van der Waals surface area (Å²) < 4.78 is 49.5. The van der Waals surface area contributed by atoms with E-state index in [0.29, 0.717) is 40.6 Å². The molecule has 0 radical (unpaired) electrons. The van der Waals surface area contributed by atoms with Gasteiger partial charge in [-0.1, -0.05) is 17.8 Å². The number of hydrogen-bond donors (Lipinski definition) is 2. The maximum Gasteiger partial charge on any atom is 0.261 e. The molecule has 5 rings (SSSR count). The number of amides is 1. The van der Waals surface area contributed by atoms with Gasteiger partial charge >= 0.3 is 0 Å². The lowest BCUT2D eigenvalue weighted by molar-refractivity contribution is -0.118. The van der Waals surface area contributed by atoms with Gasteiger partial charge in [-0.3, -0.25) is 9.52 Å². The third-order valence-electron chi connectivity index (χ3n) is 5.25. The lowest BCUT2D eigenvalue weighted by atomic mass is 10.2. The van der Waals surface area contributed by atoms with Crippen LogP contribution < -0.4 is 24.2 Å². The highest BCUT2D eigenvalue weighted by atomic mass is 32.2. The van der Waals surface area contributed by atoms with Crippen LogP contribution in [-0.2, 0) is 21.4 Å². The number of hydrogen-bond acceptors (Lipinski definition) is 9. The fourth-order valence-corrected chi connectivity index (χ4v) is 5.16. The molecule has 0 saturated carbocycles. The van der Waals surface area contributed by atoms with Crippen LogP contribution in [-0.4, -0.2) is 39.0 Å². The highest BCUT2D eigenvalue weighted by molar-refractivity contribution is 7.99. The number of nitrogens with one attached hydrogen (secondary N) is 2. The monoisotopic (exact) mass is 527 g/mol. The number of methoxy groups -OCH3 is 1. The number of ether oxygens (including phenoxy) is 3. The molecule has 2 heterocycles. The Kier molecular flexibility index (Phi) is 6.61. The summed E-state index contributed by atoms with van der Waals surface area (Å²) in [7, 11) is -2.30. The van der Waals surface area contributed by atoms with Crippen molar-refractivity contribution >= 4 is 44.5 Å². The summed E-state index contributed by atoms with van der Waals surface area (Å²) in [6, 6.07) is 16.4. The molecule has 3 aromatic carbocycles. The van der Waals surface area contributed by atoms with Crippen molar-refractivity contribution in [1.29, 1.82) is 0 Å². The first-order valence-corrected chi connectivity index (χ1v) is 13.2. The van der Waals surface area contributed by atoms with Crippen LogP contribution in [0.4, 0.5) is 5.69 Å². The third-order valence-corrected chi connectivity index (χ3v) is 7.45. The molecule has 1 aliphatic rings. The van der Waals surface area contributed by atoms with Gasteiger partial charge in [0.05, 0.1) is 17.8 Å². The number of aromatic nitrogens is 1. The van der Waals surface area contributed by atoms with Gasteiger partial charge in [-0.2, -0.15) is 0 Å². The molecule has 1 amide bonds. The Hall–Kier alpha value is -3.90. The molecule has 12 heteroatoms. The molecule has 0 unspecified atom stereocenters. The highest BCUT2D eigenvalue weighted by Crippen LogP contribution is 2.32. The number of carbonyl (C=O) groups excluding carboxylic acids is 1. The Morgan fingerprint density at radius 3 is 2.67 bits per heavy atom. The summed E-state index contributed by atoms with van der Waals surface area (Å²) >= 11 is 1.12. The zero-order valence-electron chi connectivity index (χ0n) is 19.0. The average molecular weight is 528 g/mol. The van der Waals surface area contributed by atoms with E-state index in [4.69, 9.17) is 18.6 Å². The van der Waals surface area contributed by atoms with E-state index in [9.17, 15) is 13.2 Å². The average Bonchev–Trinajstić information content (AvgIpc) is 3.52. The molecule has 0 fully saturated rings. The number of anilines is 1. The number of fused-ring (bicyclic) bond motifs is 2. The Balaban J connectivity index is 1.19. The van der Waals surface area contributed by atoms with Crippen molar-refractivity contribution in [2.75, 3.05) is 24.4 Å². The van der Waals surface area contributed by atoms with Crippen LogP contribution in [0, 0.1) is 0 Å². The van der Waals surface area contributed by atoms with Gasteiger partial charge in [0.15, 0.2) is 17.1 Å². The number of carbonyl (C=O) groups is 1. The summed E-state index contributed by atoms with van der Waals surface area (Å²) in [6.07, 6.45) is 0. The van der Waals surface area contributed by atoms with Crippen LogP contribution in [0.5, 0.6) is 17.2 Å². The minimum Gasteiger partial charge on any atom is -0.497 e. The van der Waals surface area contributed by atoms with Crippen LogP contribution in [0.15, 0.2) is 75.2 Å². The molecule has 4 aromatic rings. The summed E-state index contributed by atoms with van der Waals surface area (Å²) in [5.74, 6) is 1.84. The SMILES string of the molecule is COc1ccc(NS(=O)(=O)c2ccc3oc(SCC(=O)NCc4ccc5c(c4)OCO5)nc3c2)cc1. The second kappa shape index (κ2) is 9.99. The van der Waals surface area contributed by atoms with Gasteiger partial charge in [-0.05, 0) is 60.2 Å². The molecule has 36 heavy (non-hydrogen) atoms. The Morgan fingerprint density at radius 1 is 1.06 bits per heavy atom. The van der Waals surface area contributed by atoms with Crippen LogP contribution in [0.3, 0.4) is 0 Å². The van der Waals surface area contributed by atoms with Gasteiger partial charge < -0.3 is 23.9 Å². The second-order valence-electron chi connectivity index (χ2n) is 7.70. The predicted molar refractivity (Wildman–Crippen MR) is 133 cm³/mol. The van der Waals surface area contributed by atoms with Gasteiger partial charge in [0.1, 0.15) is 11.3 Å². The summed E-state index contributed by atoms with van der Waals surface area (Å²) in [5, 5.41) is 3.10. The third kappa shape index (κ3) is 5.34. The van der Waals surface area contributed by atoms with E-state index in [1.807, 2.05) is 12.1 Å². The van der Waals surface area contributed by atoms with E-state index in [-0.39, 0.29) is 28.6 Å². The number of oxazole rings is 1.